The third-order valence-corrected chi connectivity index (χ3v) is 2.09. The highest BCUT2D eigenvalue weighted by Crippen LogP contribution is 2.56. The highest BCUT2D eigenvalue weighted by molar-refractivity contribution is 9.39. The Balaban J connectivity index is 2.78. The van der Waals surface area contributed by atoms with Crippen molar-refractivity contribution in [2.45, 2.75) is 6.92 Å². The Bertz CT molecular complexity index is 306. The van der Waals surface area contributed by atoms with Gasteiger partial charge in [-0.25, -0.2) is 4.57 Å². The van der Waals surface area contributed by atoms with Gasteiger partial charge in [0.1, 0.15) is 5.75 Å². The molecule has 0 N–H and O–H groups in total. The van der Waals surface area contributed by atoms with E-state index in [2.05, 4.69) is 20.0 Å². The highest BCUT2D eigenvalue weighted by Gasteiger charge is 2.17. The van der Waals surface area contributed by atoms with Crippen LogP contribution in [0.25, 0.3) is 0 Å². The molecular formula is C7H7BrFO2P. The van der Waals surface area contributed by atoms with E-state index in [-0.39, 0.29) is 5.75 Å². The molecule has 1 rings (SSSR count). The van der Waals surface area contributed by atoms with Crippen LogP contribution < -0.4 is 4.52 Å². The summed E-state index contributed by atoms with van der Waals surface area (Å²) in [6.07, 6.45) is -4.09. The monoisotopic (exact) mass is 252 g/mol. The fraction of sp³-hybridized carbons (Fsp3) is 0.143. The van der Waals surface area contributed by atoms with Gasteiger partial charge in [0.25, 0.3) is 0 Å². The summed E-state index contributed by atoms with van der Waals surface area (Å²) >= 11 is 2.30. The Kier molecular flexibility index (Phi) is 2.91. The van der Waals surface area contributed by atoms with E-state index >= 15 is 0 Å². The molecule has 0 bridgehead atoms. The topological polar surface area (TPSA) is 26.3 Å². The average Bonchev–Trinajstić information content (AvgIpc) is 1.91. The summed E-state index contributed by atoms with van der Waals surface area (Å²) in [6, 6.07) is 6.61. The molecule has 1 aromatic carbocycles. The summed E-state index contributed by atoms with van der Waals surface area (Å²) in [5, 5.41) is 0. The van der Waals surface area contributed by atoms with Gasteiger partial charge in [-0.1, -0.05) is 17.7 Å². The van der Waals surface area contributed by atoms with Crippen molar-refractivity contribution in [2.75, 3.05) is 0 Å². The molecule has 0 heterocycles. The Morgan fingerprint density at radius 2 is 1.92 bits per heavy atom. The lowest BCUT2D eigenvalue weighted by Gasteiger charge is -2.04. The summed E-state index contributed by atoms with van der Waals surface area (Å²) in [6.45, 7) is 1.90. The molecule has 1 unspecified atom stereocenters. The maximum atomic E-state index is 12.4. The average molecular weight is 253 g/mol. The van der Waals surface area contributed by atoms with E-state index < -0.39 is 6.38 Å². The van der Waals surface area contributed by atoms with Crippen molar-refractivity contribution in [1.82, 2.24) is 0 Å². The van der Waals surface area contributed by atoms with Gasteiger partial charge in [0.15, 0.2) is 0 Å². The molecule has 0 spiro atoms. The van der Waals surface area contributed by atoms with Gasteiger partial charge in [0.2, 0.25) is 0 Å². The summed E-state index contributed by atoms with van der Waals surface area (Å²) in [5.41, 5.74) is 1.03. The molecule has 66 valence electrons. The molecule has 0 saturated carbocycles. The highest BCUT2D eigenvalue weighted by atomic mass is 79.9. The molecule has 5 heteroatoms. The van der Waals surface area contributed by atoms with Crippen LogP contribution in [-0.2, 0) is 4.57 Å². The standard InChI is InChI=1S/C7H7BrFO2P/c1-6-2-4-7(5-3-6)11-12(8,9)10/h2-5H,1H3. The molecule has 0 aliphatic heterocycles. The number of rotatable bonds is 2. The van der Waals surface area contributed by atoms with E-state index in [9.17, 15) is 8.76 Å². The molecule has 0 aromatic heterocycles. The number of hydrogen-bond acceptors (Lipinski definition) is 2. The zero-order valence-electron chi connectivity index (χ0n) is 6.33. The molecule has 0 aliphatic carbocycles. The fourth-order valence-corrected chi connectivity index (χ4v) is 1.59. The quantitative estimate of drug-likeness (QED) is 0.748. The third-order valence-electron chi connectivity index (χ3n) is 1.23. The molecule has 1 aromatic rings. The SMILES string of the molecule is Cc1ccc(OP(=O)(F)Br)cc1. The van der Waals surface area contributed by atoms with E-state index in [1.54, 1.807) is 24.3 Å². The van der Waals surface area contributed by atoms with Crippen LogP contribution in [0.2, 0.25) is 0 Å². The van der Waals surface area contributed by atoms with Gasteiger partial charge >= 0.3 is 6.38 Å². The second-order valence-electron chi connectivity index (χ2n) is 2.32. The third kappa shape index (κ3) is 3.37. The molecule has 0 aliphatic rings. The normalized spacial score (nSPS) is 15.2. The second kappa shape index (κ2) is 3.58. The number of aryl methyl sites for hydroxylation is 1. The molecule has 0 amide bonds. The van der Waals surface area contributed by atoms with Crippen molar-refractivity contribution in [3.63, 3.8) is 0 Å². The largest absolute Gasteiger partial charge is 0.483 e. The minimum absolute atomic E-state index is 0.253. The van der Waals surface area contributed by atoms with Crippen LogP contribution in [0.1, 0.15) is 5.56 Å². The van der Waals surface area contributed by atoms with Crippen molar-refractivity contribution in [3.8, 4) is 5.75 Å². The van der Waals surface area contributed by atoms with Crippen molar-refractivity contribution in [1.29, 1.82) is 0 Å². The minimum atomic E-state index is -4.09. The minimum Gasteiger partial charge on any atom is -0.414 e. The lowest BCUT2D eigenvalue weighted by molar-refractivity contribution is 0.458. The van der Waals surface area contributed by atoms with Crippen LogP contribution in [-0.4, -0.2) is 0 Å². The van der Waals surface area contributed by atoms with Crippen LogP contribution in [0.4, 0.5) is 4.20 Å². The van der Waals surface area contributed by atoms with Crippen LogP contribution >= 0.6 is 21.9 Å². The van der Waals surface area contributed by atoms with Crippen molar-refractivity contribution < 1.29 is 13.3 Å². The van der Waals surface area contributed by atoms with Gasteiger partial charge < -0.3 is 4.52 Å². The van der Waals surface area contributed by atoms with E-state index in [1.165, 1.54) is 0 Å². The summed E-state index contributed by atoms with van der Waals surface area (Å²) < 4.78 is 27.4. The number of halogens is 2. The molecule has 0 saturated heterocycles. The molecular weight excluding hydrogens is 246 g/mol. The van der Waals surface area contributed by atoms with E-state index in [0.29, 0.717) is 0 Å². The first kappa shape index (κ1) is 9.75. The Hall–Kier alpha value is -0.340. The Morgan fingerprint density at radius 1 is 1.42 bits per heavy atom. The predicted octanol–water partition coefficient (Wildman–Crippen LogP) is 3.85. The molecule has 12 heavy (non-hydrogen) atoms. The second-order valence-corrected chi connectivity index (χ2v) is 5.87. The first-order chi connectivity index (χ1) is 5.47. The van der Waals surface area contributed by atoms with E-state index in [1.807, 2.05) is 6.92 Å². The van der Waals surface area contributed by atoms with E-state index in [0.717, 1.165) is 5.56 Å². The first-order valence-corrected chi connectivity index (χ1v) is 6.76. The van der Waals surface area contributed by atoms with Gasteiger partial charge in [-0.2, -0.15) is 0 Å². The smallest absolute Gasteiger partial charge is 0.414 e. The van der Waals surface area contributed by atoms with E-state index in [4.69, 9.17) is 0 Å². The summed E-state index contributed by atoms with van der Waals surface area (Å²) in [7, 11) is 0. The van der Waals surface area contributed by atoms with Crippen molar-refractivity contribution in [2.24, 2.45) is 0 Å². The predicted molar refractivity (Wildman–Crippen MR) is 49.4 cm³/mol. The number of hydrogen-bond donors (Lipinski definition) is 0. The van der Waals surface area contributed by atoms with Crippen molar-refractivity contribution >= 4 is 21.9 Å². The molecule has 1 atom stereocenters. The maximum absolute atomic E-state index is 12.4. The van der Waals surface area contributed by atoms with Gasteiger partial charge in [0, 0.05) is 0 Å². The first-order valence-electron chi connectivity index (χ1n) is 3.23. The Morgan fingerprint density at radius 3 is 2.33 bits per heavy atom. The summed E-state index contributed by atoms with van der Waals surface area (Å²) in [5.74, 6) is 0.253. The zero-order chi connectivity index (χ0) is 9.19. The van der Waals surface area contributed by atoms with Gasteiger partial charge in [-0.15, -0.1) is 4.20 Å². The Labute approximate surface area is 78.1 Å². The van der Waals surface area contributed by atoms with Crippen LogP contribution in [0.3, 0.4) is 0 Å². The zero-order valence-corrected chi connectivity index (χ0v) is 8.81. The van der Waals surface area contributed by atoms with Crippen LogP contribution in [0, 0.1) is 6.92 Å². The lowest BCUT2D eigenvalue weighted by Crippen LogP contribution is -1.81. The van der Waals surface area contributed by atoms with Gasteiger partial charge in [-0.3, -0.25) is 0 Å². The van der Waals surface area contributed by atoms with Gasteiger partial charge in [0.05, 0.1) is 15.5 Å². The van der Waals surface area contributed by atoms with Gasteiger partial charge in [-0.05, 0) is 19.1 Å². The van der Waals surface area contributed by atoms with Crippen LogP contribution in [0.5, 0.6) is 5.75 Å². The summed E-state index contributed by atoms with van der Waals surface area (Å²) in [4.78, 5) is 0. The molecule has 0 fully saturated rings. The molecule has 2 nitrogen and oxygen atoms in total. The van der Waals surface area contributed by atoms with Crippen LogP contribution in [0.15, 0.2) is 24.3 Å². The maximum Gasteiger partial charge on any atom is 0.483 e. The number of benzene rings is 1. The lowest BCUT2D eigenvalue weighted by atomic mass is 10.2. The molecule has 0 radical (unpaired) electrons. The fourth-order valence-electron chi connectivity index (χ4n) is 0.722. The van der Waals surface area contributed by atoms with Crippen molar-refractivity contribution in [3.05, 3.63) is 29.8 Å².